The second kappa shape index (κ2) is 8.71. The van der Waals surface area contributed by atoms with E-state index in [0.717, 1.165) is 26.7 Å². The van der Waals surface area contributed by atoms with E-state index in [1.54, 1.807) is 24.3 Å². The number of hydrogen-bond donors (Lipinski definition) is 1. The fourth-order valence-electron chi connectivity index (χ4n) is 3.90. The summed E-state index contributed by atoms with van der Waals surface area (Å²) in [6.07, 6.45) is -1.00. The summed E-state index contributed by atoms with van der Waals surface area (Å²) in [4.78, 5) is 23.7. The van der Waals surface area contributed by atoms with Crippen LogP contribution in [-0.4, -0.2) is 18.7 Å². The van der Waals surface area contributed by atoms with Crippen LogP contribution in [0.1, 0.15) is 35.1 Å². The highest BCUT2D eigenvalue weighted by Crippen LogP contribution is 2.44. The predicted octanol–water partition coefficient (Wildman–Crippen LogP) is 4.17. The van der Waals surface area contributed by atoms with Gasteiger partial charge in [-0.1, -0.05) is 76.6 Å². The van der Waals surface area contributed by atoms with E-state index < -0.39 is 18.1 Å². The van der Waals surface area contributed by atoms with Crippen LogP contribution < -0.4 is 10.4 Å². The first-order valence-electron chi connectivity index (χ1n) is 9.59. The number of halogens is 1. The average molecular weight is 465 g/mol. The van der Waals surface area contributed by atoms with Gasteiger partial charge in [0.25, 0.3) is 0 Å². The van der Waals surface area contributed by atoms with E-state index in [9.17, 15) is 14.7 Å². The predicted molar refractivity (Wildman–Crippen MR) is 115 cm³/mol. The zero-order valence-corrected chi connectivity index (χ0v) is 17.6. The Kier molecular flexibility index (Phi) is 5.86. The van der Waals surface area contributed by atoms with Gasteiger partial charge in [0, 0.05) is 22.8 Å². The number of fused-ring (bicyclic) bond motifs is 3. The summed E-state index contributed by atoms with van der Waals surface area (Å²) in [5.74, 6) is -1.31. The Labute approximate surface area is 182 Å². The fraction of sp³-hybridized carbons (Fsp3) is 0.167. The summed E-state index contributed by atoms with van der Waals surface area (Å²) in [6.45, 7) is 0.165. The maximum absolute atomic E-state index is 12.5. The van der Waals surface area contributed by atoms with Gasteiger partial charge in [-0.2, -0.15) is 0 Å². The Morgan fingerprint density at radius 3 is 2.07 bits per heavy atom. The Morgan fingerprint density at radius 2 is 1.50 bits per heavy atom. The molecule has 3 aromatic rings. The number of amides is 1. The third-order valence-corrected chi connectivity index (χ3v) is 5.81. The largest absolute Gasteiger partial charge is 0.550 e. The van der Waals surface area contributed by atoms with Crippen LogP contribution in [0, 0.1) is 0 Å². The quantitative estimate of drug-likeness (QED) is 0.593. The highest BCUT2D eigenvalue weighted by atomic mass is 79.9. The molecule has 0 radical (unpaired) electrons. The number of nitrogens with one attached hydrogen (secondary N) is 1. The van der Waals surface area contributed by atoms with E-state index >= 15 is 0 Å². The lowest BCUT2D eigenvalue weighted by Crippen LogP contribution is -2.35. The molecule has 4 rings (SSSR count). The molecule has 152 valence electrons. The van der Waals surface area contributed by atoms with Gasteiger partial charge in [0.1, 0.15) is 6.61 Å². The van der Waals surface area contributed by atoms with Gasteiger partial charge in [0.05, 0.1) is 6.04 Å². The lowest BCUT2D eigenvalue weighted by Gasteiger charge is -2.21. The molecule has 30 heavy (non-hydrogen) atoms. The molecule has 1 atom stereocenters. The van der Waals surface area contributed by atoms with Gasteiger partial charge in [-0.15, -0.1) is 0 Å². The monoisotopic (exact) mass is 464 g/mol. The van der Waals surface area contributed by atoms with Crippen molar-refractivity contribution in [1.82, 2.24) is 5.32 Å². The number of hydrogen-bond acceptors (Lipinski definition) is 4. The van der Waals surface area contributed by atoms with E-state index in [4.69, 9.17) is 4.74 Å². The minimum atomic E-state index is -1.25. The van der Waals surface area contributed by atoms with Crippen LogP contribution in [0.15, 0.2) is 77.3 Å². The molecule has 5 nitrogen and oxygen atoms in total. The van der Waals surface area contributed by atoms with E-state index in [2.05, 4.69) is 33.4 Å². The molecule has 0 unspecified atom stereocenters. The summed E-state index contributed by atoms with van der Waals surface area (Å²) < 4.78 is 6.39. The van der Waals surface area contributed by atoms with Crippen molar-refractivity contribution < 1.29 is 19.4 Å². The van der Waals surface area contributed by atoms with E-state index in [1.807, 2.05) is 36.4 Å². The molecule has 6 heteroatoms. The van der Waals surface area contributed by atoms with Crippen LogP contribution in [0.2, 0.25) is 0 Å². The topological polar surface area (TPSA) is 78.5 Å². The van der Waals surface area contributed by atoms with Gasteiger partial charge in [0.15, 0.2) is 0 Å². The van der Waals surface area contributed by atoms with E-state index in [1.165, 1.54) is 0 Å². The van der Waals surface area contributed by atoms with Gasteiger partial charge >= 0.3 is 6.09 Å². The lowest BCUT2D eigenvalue weighted by molar-refractivity contribution is -0.306. The van der Waals surface area contributed by atoms with E-state index in [0.29, 0.717) is 5.56 Å². The van der Waals surface area contributed by atoms with Crippen LogP contribution in [0.25, 0.3) is 11.1 Å². The van der Waals surface area contributed by atoms with Crippen LogP contribution in [0.4, 0.5) is 4.79 Å². The van der Waals surface area contributed by atoms with Gasteiger partial charge < -0.3 is 20.0 Å². The molecule has 1 amide bonds. The molecule has 0 heterocycles. The van der Waals surface area contributed by atoms with Crippen LogP contribution in [0.3, 0.4) is 0 Å². The number of carbonyl (C=O) groups is 2. The van der Waals surface area contributed by atoms with Crippen molar-refractivity contribution in [2.45, 2.75) is 18.4 Å². The molecular formula is C24H19BrNO4-. The molecular weight excluding hydrogens is 446 g/mol. The summed E-state index contributed by atoms with van der Waals surface area (Å²) in [5.41, 5.74) is 5.19. The molecule has 1 N–H and O–H groups in total. The summed E-state index contributed by atoms with van der Waals surface area (Å²) in [7, 11) is 0. The summed E-state index contributed by atoms with van der Waals surface area (Å²) >= 11 is 3.34. The maximum atomic E-state index is 12.5. The first-order chi connectivity index (χ1) is 14.5. The summed E-state index contributed by atoms with van der Waals surface area (Å²) in [5, 5.41) is 13.8. The van der Waals surface area contributed by atoms with E-state index in [-0.39, 0.29) is 18.9 Å². The average Bonchev–Trinajstić information content (AvgIpc) is 3.06. The van der Waals surface area contributed by atoms with Crippen molar-refractivity contribution >= 4 is 28.0 Å². The molecule has 0 spiro atoms. The Balaban J connectivity index is 1.47. The minimum Gasteiger partial charge on any atom is -0.550 e. The third-order valence-electron chi connectivity index (χ3n) is 5.28. The number of benzene rings is 3. The van der Waals surface area contributed by atoms with Crippen molar-refractivity contribution in [2.75, 3.05) is 6.61 Å². The van der Waals surface area contributed by atoms with Crippen molar-refractivity contribution in [3.8, 4) is 11.1 Å². The lowest BCUT2D eigenvalue weighted by atomic mass is 9.98. The van der Waals surface area contributed by atoms with Crippen LogP contribution in [-0.2, 0) is 9.53 Å². The van der Waals surface area contributed by atoms with Gasteiger partial charge in [0.2, 0.25) is 0 Å². The molecule has 0 aromatic heterocycles. The molecule has 1 aliphatic rings. The highest BCUT2D eigenvalue weighted by molar-refractivity contribution is 9.10. The van der Waals surface area contributed by atoms with Crippen LogP contribution in [0.5, 0.6) is 0 Å². The highest BCUT2D eigenvalue weighted by Gasteiger charge is 2.29. The minimum absolute atomic E-state index is 0.0598. The normalized spacial score (nSPS) is 13.2. The van der Waals surface area contributed by atoms with Crippen molar-refractivity contribution in [1.29, 1.82) is 0 Å². The third kappa shape index (κ3) is 4.24. The standard InChI is InChI=1S/C24H20BrNO4/c25-16-11-9-15(10-12-16)22(13-23(27)28)26-24(29)30-14-21-19-7-3-1-5-17(19)18-6-2-4-8-20(18)21/h1-12,21-22H,13-14H2,(H,26,29)(H,27,28)/p-1/t22-/m0/s1. The Hall–Kier alpha value is -3.12. The SMILES string of the molecule is O=C([O-])C[C@H](NC(=O)OCC1c2ccccc2-c2ccccc21)c1ccc(Br)cc1. The number of carboxylic acid groups (broad SMARTS) is 1. The number of ether oxygens (including phenoxy) is 1. The number of carbonyl (C=O) groups excluding carboxylic acids is 2. The summed E-state index contributed by atoms with van der Waals surface area (Å²) in [6, 6.07) is 22.5. The molecule has 0 saturated heterocycles. The number of rotatable bonds is 6. The Bertz CT molecular complexity index is 1040. The molecule has 1 aliphatic carbocycles. The smallest absolute Gasteiger partial charge is 0.407 e. The zero-order chi connectivity index (χ0) is 21.1. The maximum Gasteiger partial charge on any atom is 0.407 e. The first kappa shape index (κ1) is 20.2. The number of alkyl carbamates (subject to hydrolysis) is 1. The van der Waals surface area contributed by atoms with Crippen molar-refractivity contribution in [2.24, 2.45) is 0 Å². The van der Waals surface area contributed by atoms with Crippen molar-refractivity contribution in [3.63, 3.8) is 0 Å². The fourth-order valence-corrected chi connectivity index (χ4v) is 4.16. The molecule has 0 saturated carbocycles. The molecule has 0 bridgehead atoms. The second-order valence-electron chi connectivity index (χ2n) is 7.15. The number of carboxylic acids is 1. The van der Waals surface area contributed by atoms with Gasteiger partial charge in [-0.25, -0.2) is 4.79 Å². The molecule has 3 aromatic carbocycles. The van der Waals surface area contributed by atoms with Crippen LogP contribution >= 0.6 is 15.9 Å². The molecule has 0 fully saturated rings. The van der Waals surface area contributed by atoms with Crippen molar-refractivity contribution in [3.05, 3.63) is 94.0 Å². The van der Waals surface area contributed by atoms with Gasteiger partial charge in [-0.3, -0.25) is 0 Å². The zero-order valence-electron chi connectivity index (χ0n) is 16.0. The second-order valence-corrected chi connectivity index (χ2v) is 8.07. The Morgan fingerprint density at radius 1 is 0.933 bits per heavy atom. The first-order valence-corrected chi connectivity index (χ1v) is 10.4. The van der Waals surface area contributed by atoms with Gasteiger partial charge in [-0.05, 0) is 39.9 Å². The number of aliphatic carboxylic acids is 1. The molecule has 0 aliphatic heterocycles.